The number of allylic oxidation sites excluding steroid dienone is 1. The van der Waals surface area contributed by atoms with Gasteiger partial charge in [-0.3, -0.25) is 4.79 Å². The smallest absolute Gasteiger partial charge is 0.255 e. The number of hydrogen-bond donors (Lipinski definition) is 2. The van der Waals surface area contributed by atoms with Gasteiger partial charge in [0.15, 0.2) is 5.82 Å². The minimum Gasteiger partial charge on any atom is -0.496 e. The van der Waals surface area contributed by atoms with Crippen molar-refractivity contribution in [1.29, 1.82) is 0 Å². The van der Waals surface area contributed by atoms with E-state index in [0.29, 0.717) is 34.5 Å². The van der Waals surface area contributed by atoms with Crippen LogP contribution in [0, 0.1) is 0 Å². The first-order valence-corrected chi connectivity index (χ1v) is 12.1. The molecule has 6 rings (SSSR count). The number of fused-ring (bicyclic) bond motifs is 2. The van der Waals surface area contributed by atoms with Gasteiger partial charge < -0.3 is 15.4 Å². The molecule has 0 saturated heterocycles. The Morgan fingerprint density at radius 1 is 0.919 bits per heavy atom. The minimum absolute atomic E-state index is 0.222. The van der Waals surface area contributed by atoms with Crippen LogP contribution in [-0.4, -0.2) is 27.8 Å². The highest BCUT2D eigenvalue weighted by atomic mass is 16.5. The van der Waals surface area contributed by atoms with Gasteiger partial charge in [0, 0.05) is 22.5 Å². The number of para-hydroxylation sites is 2. The largest absolute Gasteiger partial charge is 0.496 e. The number of nitrogens with zero attached hydrogens (tertiary/aromatic N) is 3. The Morgan fingerprint density at radius 3 is 2.49 bits per heavy atom. The summed E-state index contributed by atoms with van der Waals surface area (Å²) in [7, 11) is 1.63. The van der Waals surface area contributed by atoms with E-state index in [0.717, 1.165) is 21.9 Å². The molecule has 1 aliphatic rings. The lowest BCUT2D eigenvalue weighted by Gasteiger charge is -2.29. The summed E-state index contributed by atoms with van der Waals surface area (Å²) in [6, 6.07) is 30.8. The van der Waals surface area contributed by atoms with Crippen LogP contribution in [0.1, 0.15) is 18.5 Å². The lowest BCUT2D eigenvalue weighted by atomic mass is 9.94. The molecule has 4 aromatic carbocycles. The first-order valence-electron chi connectivity index (χ1n) is 12.1. The molecule has 1 aliphatic heterocycles. The van der Waals surface area contributed by atoms with Gasteiger partial charge in [0.1, 0.15) is 11.8 Å². The quantitative estimate of drug-likeness (QED) is 0.316. The van der Waals surface area contributed by atoms with E-state index in [4.69, 9.17) is 14.8 Å². The summed E-state index contributed by atoms with van der Waals surface area (Å²) in [6.45, 7) is 1.89. The van der Waals surface area contributed by atoms with Crippen LogP contribution in [0.2, 0.25) is 0 Å². The van der Waals surface area contributed by atoms with E-state index in [1.807, 2.05) is 85.8 Å². The predicted molar refractivity (Wildman–Crippen MR) is 145 cm³/mol. The average molecular weight is 488 g/mol. The number of amides is 1. The molecule has 37 heavy (non-hydrogen) atoms. The highest BCUT2D eigenvalue weighted by Gasteiger charge is 2.36. The van der Waals surface area contributed by atoms with E-state index in [9.17, 15) is 4.79 Å². The maximum Gasteiger partial charge on any atom is 0.255 e. The number of carbonyl (C=O) groups is 1. The normalized spacial score (nSPS) is 14.7. The van der Waals surface area contributed by atoms with Crippen molar-refractivity contribution in [2.24, 2.45) is 0 Å². The Morgan fingerprint density at radius 2 is 1.65 bits per heavy atom. The number of methoxy groups -OCH3 is 1. The van der Waals surface area contributed by atoms with Crippen LogP contribution < -0.4 is 15.4 Å². The van der Waals surface area contributed by atoms with E-state index < -0.39 is 6.04 Å². The SMILES string of the molecule is COc1ccccc1C1C(C(=O)Nc2ccccc2)=C(C)Nc2nc(-c3cccc4ccccc34)nn21. The van der Waals surface area contributed by atoms with Gasteiger partial charge in [0.05, 0.1) is 12.7 Å². The Bertz CT molecular complexity index is 1650. The van der Waals surface area contributed by atoms with Gasteiger partial charge in [0.2, 0.25) is 5.95 Å². The van der Waals surface area contributed by atoms with Gasteiger partial charge in [-0.25, -0.2) is 4.68 Å². The second-order valence-electron chi connectivity index (χ2n) is 8.86. The highest BCUT2D eigenvalue weighted by Crippen LogP contribution is 2.40. The number of nitrogens with one attached hydrogen (secondary N) is 2. The van der Waals surface area contributed by atoms with Crippen LogP contribution in [0.3, 0.4) is 0 Å². The van der Waals surface area contributed by atoms with E-state index in [2.05, 4.69) is 28.8 Å². The fourth-order valence-electron chi connectivity index (χ4n) is 4.88. The van der Waals surface area contributed by atoms with E-state index >= 15 is 0 Å². The van der Waals surface area contributed by atoms with Crippen LogP contribution in [-0.2, 0) is 4.79 Å². The van der Waals surface area contributed by atoms with E-state index in [-0.39, 0.29) is 5.91 Å². The van der Waals surface area contributed by atoms with Crippen LogP contribution >= 0.6 is 0 Å². The molecular formula is C30H25N5O2. The Hall–Kier alpha value is -4.91. The molecule has 7 nitrogen and oxygen atoms in total. The number of hydrogen-bond acceptors (Lipinski definition) is 5. The third-order valence-corrected chi connectivity index (χ3v) is 6.59. The number of rotatable bonds is 5. The molecular weight excluding hydrogens is 462 g/mol. The van der Waals surface area contributed by atoms with Crippen molar-refractivity contribution < 1.29 is 9.53 Å². The molecule has 1 atom stereocenters. The van der Waals surface area contributed by atoms with Crippen molar-refractivity contribution in [2.75, 3.05) is 17.7 Å². The summed E-state index contributed by atoms with van der Waals surface area (Å²) in [6.07, 6.45) is 0. The summed E-state index contributed by atoms with van der Waals surface area (Å²) in [5.41, 5.74) is 3.70. The number of aromatic nitrogens is 3. The monoisotopic (exact) mass is 487 g/mol. The van der Waals surface area contributed by atoms with Gasteiger partial charge in [-0.05, 0) is 35.9 Å². The first kappa shape index (κ1) is 22.5. The summed E-state index contributed by atoms with van der Waals surface area (Å²) < 4.78 is 7.49. The van der Waals surface area contributed by atoms with Crippen LogP contribution in [0.25, 0.3) is 22.2 Å². The van der Waals surface area contributed by atoms with Gasteiger partial charge in [0.25, 0.3) is 5.91 Å². The number of benzene rings is 4. The van der Waals surface area contributed by atoms with E-state index in [1.54, 1.807) is 11.8 Å². The third-order valence-electron chi connectivity index (χ3n) is 6.59. The van der Waals surface area contributed by atoms with Gasteiger partial charge >= 0.3 is 0 Å². The summed E-state index contributed by atoms with van der Waals surface area (Å²) >= 11 is 0. The maximum atomic E-state index is 13.7. The predicted octanol–water partition coefficient (Wildman–Crippen LogP) is 6.03. The molecule has 0 bridgehead atoms. The van der Waals surface area contributed by atoms with Crippen molar-refractivity contribution >= 4 is 28.3 Å². The summed E-state index contributed by atoms with van der Waals surface area (Å²) in [5, 5.41) is 13.5. The molecule has 2 N–H and O–H groups in total. The van der Waals surface area contributed by atoms with Crippen LogP contribution in [0.5, 0.6) is 5.75 Å². The fraction of sp³-hybridized carbons (Fsp3) is 0.100. The zero-order valence-corrected chi connectivity index (χ0v) is 20.5. The third kappa shape index (κ3) is 4.00. The molecule has 0 spiro atoms. The molecule has 7 heteroatoms. The summed E-state index contributed by atoms with van der Waals surface area (Å²) in [5.74, 6) is 1.59. The van der Waals surface area contributed by atoms with Crippen LogP contribution in [0.15, 0.2) is 108 Å². The second kappa shape index (κ2) is 9.28. The zero-order valence-electron chi connectivity index (χ0n) is 20.5. The molecule has 1 amide bonds. The van der Waals surface area contributed by atoms with Crippen molar-refractivity contribution in [2.45, 2.75) is 13.0 Å². The molecule has 182 valence electrons. The lowest BCUT2D eigenvalue weighted by Crippen LogP contribution is -2.31. The molecule has 1 unspecified atom stereocenters. The molecule has 1 aromatic heterocycles. The Balaban J connectivity index is 1.51. The van der Waals surface area contributed by atoms with Crippen molar-refractivity contribution in [1.82, 2.24) is 14.8 Å². The molecule has 5 aromatic rings. The van der Waals surface area contributed by atoms with Crippen molar-refractivity contribution in [3.8, 4) is 17.1 Å². The summed E-state index contributed by atoms with van der Waals surface area (Å²) in [4.78, 5) is 18.6. The fourth-order valence-corrected chi connectivity index (χ4v) is 4.88. The molecule has 2 heterocycles. The number of anilines is 2. The van der Waals surface area contributed by atoms with Gasteiger partial charge in [-0.1, -0.05) is 78.9 Å². The highest BCUT2D eigenvalue weighted by molar-refractivity contribution is 6.06. The molecule has 0 aliphatic carbocycles. The average Bonchev–Trinajstić information content (AvgIpc) is 3.35. The van der Waals surface area contributed by atoms with Gasteiger partial charge in [-0.15, -0.1) is 5.10 Å². The second-order valence-corrected chi connectivity index (χ2v) is 8.86. The zero-order chi connectivity index (χ0) is 25.4. The van der Waals surface area contributed by atoms with Crippen LogP contribution in [0.4, 0.5) is 11.6 Å². The standard InChI is InChI=1S/C30H25N5O2/c1-19-26(29(36)32-21-13-4-3-5-14-21)27(24-16-8-9-18-25(24)37-2)35-30(31-19)33-28(34-35)23-17-10-12-20-11-6-7-15-22(20)23/h3-18,27H,1-2H3,(H,32,36)(H,31,33,34). The maximum absolute atomic E-state index is 13.7. The number of ether oxygens (including phenoxy) is 1. The molecule has 0 fully saturated rings. The van der Waals surface area contributed by atoms with E-state index in [1.165, 1.54) is 0 Å². The minimum atomic E-state index is -0.549. The Labute approximate surface area is 214 Å². The lowest BCUT2D eigenvalue weighted by molar-refractivity contribution is -0.113. The molecule has 0 saturated carbocycles. The van der Waals surface area contributed by atoms with Crippen molar-refractivity contribution in [3.63, 3.8) is 0 Å². The first-order chi connectivity index (χ1) is 18.1. The van der Waals surface area contributed by atoms with Gasteiger partial charge in [-0.2, -0.15) is 4.98 Å². The Kier molecular flexibility index (Phi) is 5.65. The number of carbonyl (C=O) groups excluding carboxylic acids is 1. The topological polar surface area (TPSA) is 81.1 Å². The molecule has 0 radical (unpaired) electrons. The van der Waals surface area contributed by atoms with Crippen molar-refractivity contribution in [3.05, 3.63) is 114 Å².